The molecule has 0 aromatic rings. The summed E-state index contributed by atoms with van der Waals surface area (Å²) in [6.45, 7) is -0.224. The second-order valence-corrected chi connectivity index (χ2v) is 2.41. The van der Waals surface area contributed by atoms with Gasteiger partial charge in [-0.2, -0.15) is 0 Å². The maximum atomic E-state index is 10.7. The minimum Gasteiger partial charge on any atom is -0.545 e. The number of hydrogen-bond acceptors (Lipinski definition) is 5. The molecule has 0 aliphatic rings. The van der Waals surface area contributed by atoms with Gasteiger partial charge in [0.1, 0.15) is 12.0 Å². The van der Waals surface area contributed by atoms with Crippen LogP contribution in [0, 0.1) is 0 Å². The monoisotopic (exact) mass is 201 g/mol. The smallest absolute Gasteiger partial charge is 0.244 e. The van der Waals surface area contributed by atoms with Gasteiger partial charge in [-0.1, -0.05) is 0 Å². The summed E-state index contributed by atoms with van der Waals surface area (Å²) in [5, 5.41) is 22.1. The fourth-order valence-corrected chi connectivity index (χ4v) is 0.510. The van der Waals surface area contributed by atoms with Crippen molar-refractivity contribution in [3.8, 4) is 0 Å². The first-order valence-electron chi connectivity index (χ1n) is 3.64. The van der Waals surface area contributed by atoms with Crippen LogP contribution in [0.1, 0.15) is 0 Å². The first kappa shape index (κ1) is 12.1. The third-order valence-electron chi connectivity index (χ3n) is 1.23. The predicted molar refractivity (Wildman–Crippen MR) is 38.8 cm³/mol. The molecule has 1 atom stereocenters. The van der Waals surface area contributed by atoms with Gasteiger partial charge in [-0.05, 0) is 6.08 Å². The average Bonchev–Trinajstić information content (AvgIpc) is 2.10. The van der Waals surface area contributed by atoms with Crippen LogP contribution < -0.4 is 21.3 Å². The van der Waals surface area contributed by atoms with Gasteiger partial charge in [-0.25, -0.2) is 0 Å². The van der Waals surface area contributed by atoms with E-state index in [1.807, 2.05) is 0 Å². The van der Waals surface area contributed by atoms with Crippen molar-refractivity contribution in [1.82, 2.24) is 5.32 Å². The Morgan fingerprint density at radius 1 is 1.29 bits per heavy atom. The number of hydrogen-bond donors (Lipinski definition) is 2. The molecule has 4 N–H and O–H groups in total. The summed E-state index contributed by atoms with van der Waals surface area (Å²) < 4.78 is 0. The highest BCUT2D eigenvalue weighted by Gasteiger charge is 2.07. The largest absolute Gasteiger partial charge is 0.545 e. The van der Waals surface area contributed by atoms with E-state index in [1.165, 1.54) is 0 Å². The molecule has 1 amide bonds. The Morgan fingerprint density at radius 2 is 1.86 bits per heavy atom. The molecular formula is C7H9N2O5-. The highest BCUT2D eigenvalue weighted by atomic mass is 16.4. The number of carbonyl (C=O) groups excluding carboxylic acids is 3. The fraction of sp³-hybridized carbons (Fsp3) is 0.286. The van der Waals surface area contributed by atoms with E-state index in [-0.39, 0.29) is 6.54 Å². The van der Waals surface area contributed by atoms with Gasteiger partial charge < -0.3 is 30.9 Å². The second-order valence-electron chi connectivity index (χ2n) is 2.41. The van der Waals surface area contributed by atoms with Crippen LogP contribution in [0.2, 0.25) is 0 Å². The van der Waals surface area contributed by atoms with Gasteiger partial charge in [0, 0.05) is 6.08 Å². The van der Waals surface area contributed by atoms with E-state index in [2.05, 4.69) is 11.1 Å². The number of carboxylic acids is 2. The number of quaternary nitrogens is 1. The Hall–Kier alpha value is -1.89. The SMILES string of the molecule is [NH3+][C@@H](CNC(=O)/C=C/C(=O)[O-])C(=O)[O-]. The second kappa shape index (κ2) is 5.70. The Balaban J connectivity index is 3.86. The van der Waals surface area contributed by atoms with Crippen LogP contribution in [0.5, 0.6) is 0 Å². The molecule has 0 saturated carbocycles. The molecule has 0 heterocycles. The van der Waals surface area contributed by atoms with E-state index in [0.29, 0.717) is 6.08 Å². The van der Waals surface area contributed by atoms with Crippen LogP contribution in [-0.2, 0) is 14.4 Å². The Bertz CT molecular complexity index is 273. The molecule has 0 rings (SSSR count). The molecule has 0 fully saturated rings. The summed E-state index contributed by atoms with van der Waals surface area (Å²) in [6.07, 6.45) is 1.25. The lowest BCUT2D eigenvalue weighted by Gasteiger charge is -2.08. The molecule has 7 heteroatoms. The first-order valence-corrected chi connectivity index (χ1v) is 3.64. The summed E-state index contributed by atoms with van der Waals surface area (Å²) in [4.78, 5) is 30.7. The van der Waals surface area contributed by atoms with Crippen molar-refractivity contribution >= 4 is 17.8 Å². The van der Waals surface area contributed by atoms with Crippen LogP contribution in [-0.4, -0.2) is 30.4 Å². The summed E-state index contributed by atoms with van der Waals surface area (Å²) in [6, 6.07) is -1.07. The molecule has 14 heavy (non-hydrogen) atoms. The van der Waals surface area contributed by atoms with E-state index in [4.69, 9.17) is 0 Å². The van der Waals surface area contributed by atoms with Crippen LogP contribution in [0.25, 0.3) is 0 Å². The minimum atomic E-state index is -1.51. The Labute approximate surface area is 79.2 Å². The van der Waals surface area contributed by atoms with Gasteiger partial charge in [0.05, 0.1) is 12.5 Å². The van der Waals surface area contributed by atoms with Gasteiger partial charge in [0.15, 0.2) is 0 Å². The number of carboxylic acid groups (broad SMARTS) is 2. The lowest BCUT2D eigenvalue weighted by Crippen LogP contribution is -2.71. The van der Waals surface area contributed by atoms with Crippen molar-refractivity contribution in [2.45, 2.75) is 6.04 Å². The summed E-state index contributed by atoms with van der Waals surface area (Å²) in [5.74, 6) is -3.63. The molecule has 0 unspecified atom stereocenters. The number of aliphatic carboxylic acids is 2. The average molecular weight is 201 g/mol. The molecule has 0 spiro atoms. The van der Waals surface area contributed by atoms with Crippen LogP contribution in [0.3, 0.4) is 0 Å². The molecule has 0 aliphatic heterocycles. The van der Waals surface area contributed by atoms with E-state index in [1.54, 1.807) is 0 Å². The topological polar surface area (TPSA) is 137 Å². The molecule has 78 valence electrons. The fourth-order valence-electron chi connectivity index (χ4n) is 0.510. The molecule has 0 radical (unpaired) electrons. The Kier molecular flexibility index (Phi) is 4.93. The van der Waals surface area contributed by atoms with E-state index in [9.17, 15) is 24.6 Å². The number of amides is 1. The van der Waals surface area contributed by atoms with Gasteiger partial charge in [0.2, 0.25) is 5.91 Å². The normalized spacial score (nSPS) is 12.4. The van der Waals surface area contributed by atoms with Crippen molar-refractivity contribution in [1.29, 1.82) is 0 Å². The van der Waals surface area contributed by atoms with Gasteiger partial charge in [-0.15, -0.1) is 0 Å². The molecule has 0 aliphatic carbocycles. The lowest BCUT2D eigenvalue weighted by atomic mass is 10.3. The zero-order valence-electron chi connectivity index (χ0n) is 7.19. The minimum absolute atomic E-state index is 0.224. The highest BCUT2D eigenvalue weighted by Crippen LogP contribution is 1.74. The third-order valence-corrected chi connectivity index (χ3v) is 1.23. The maximum Gasteiger partial charge on any atom is 0.244 e. The quantitative estimate of drug-likeness (QED) is 0.428. The molecule has 0 saturated heterocycles. The van der Waals surface area contributed by atoms with Crippen LogP contribution >= 0.6 is 0 Å². The summed E-state index contributed by atoms with van der Waals surface area (Å²) in [5.41, 5.74) is 3.18. The van der Waals surface area contributed by atoms with Crippen molar-refractivity contribution in [2.24, 2.45) is 0 Å². The van der Waals surface area contributed by atoms with Crippen molar-refractivity contribution in [3.63, 3.8) is 0 Å². The van der Waals surface area contributed by atoms with Gasteiger partial charge in [0.25, 0.3) is 0 Å². The highest BCUT2D eigenvalue weighted by molar-refractivity contribution is 5.93. The molecule has 0 bridgehead atoms. The van der Waals surface area contributed by atoms with E-state index in [0.717, 1.165) is 6.08 Å². The van der Waals surface area contributed by atoms with E-state index < -0.39 is 23.9 Å². The van der Waals surface area contributed by atoms with Gasteiger partial charge in [-0.3, -0.25) is 4.79 Å². The van der Waals surface area contributed by atoms with E-state index >= 15 is 0 Å². The summed E-state index contributed by atoms with van der Waals surface area (Å²) >= 11 is 0. The number of carbonyl (C=O) groups is 3. The van der Waals surface area contributed by atoms with Crippen LogP contribution in [0.15, 0.2) is 12.2 Å². The standard InChI is InChI=1S/C7H10N2O5/c8-4(7(13)14)3-9-5(10)1-2-6(11)12/h1-2,4H,3,8H2,(H,9,10)(H,11,12)(H,13,14)/p-1/b2-1+/t4-/m0/s1. The van der Waals surface area contributed by atoms with Gasteiger partial charge >= 0.3 is 0 Å². The zero-order valence-corrected chi connectivity index (χ0v) is 7.19. The third kappa shape index (κ3) is 5.72. The molecular weight excluding hydrogens is 192 g/mol. The van der Waals surface area contributed by atoms with Crippen molar-refractivity contribution in [3.05, 3.63) is 12.2 Å². The van der Waals surface area contributed by atoms with Crippen molar-refractivity contribution in [2.75, 3.05) is 6.54 Å². The number of rotatable bonds is 5. The summed E-state index contributed by atoms with van der Waals surface area (Å²) in [7, 11) is 0. The van der Waals surface area contributed by atoms with Crippen molar-refractivity contribution < 1.29 is 30.3 Å². The number of nitrogens with one attached hydrogen (secondary N) is 1. The maximum absolute atomic E-state index is 10.7. The zero-order chi connectivity index (χ0) is 11.1. The first-order chi connectivity index (χ1) is 6.43. The molecule has 0 aromatic carbocycles. The molecule has 0 aromatic heterocycles. The predicted octanol–water partition coefficient (Wildman–Crippen LogP) is -5.23. The Morgan fingerprint density at radius 3 is 2.29 bits per heavy atom. The lowest BCUT2D eigenvalue weighted by molar-refractivity contribution is -0.435. The molecule has 7 nitrogen and oxygen atoms in total. The van der Waals surface area contributed by atoms with Crippen LogP contribution in [0.4, 0.5) is 0 Å².